The molecule has 0 heterocycles. The number of rotatable bonds is 11. The van der Waals surface area contributed by atoms with E-state index in [9.17, 15) is 0 Å². The number of likely N-dealkylation sites (N-methyl/N-ethyl adjacent to an activating group) is 2. The van der Waals surface area contributed by atoms with Crippen LogP contribution in [0.15, 0.2) is 0 Å². The molecule has 0 aromatic carbocycles. The van der Waals surface area contributed by atoms with Gasteiger partial charge >= 0.3 is 0 Å². The fourth-order valence-corrected chi connectivity index (χ4v) is 1.28. The zero-order chi connectivity index (χ0) is 11.4. The number of hydrogen-bond acceptors (Lipinski definition) is 4. The van der Waals surface area contributed by atoms with E-state index in [0.717, 1.165) is 39.3 Å². The van der Waals surface area contributed by atoms with Gasteiger partial charge in [0.15, 0.2) is 0 Å². The van der Waals surface area contributed by atoms with Crippen LogP contribution in [-0.2, 0) is 9.47 Å². The maximum absolute atomic E-state index is 5.43. The highest BCUT2D eigenvalue weighted by atomic mass is 16.5. The van der Waals surface area contributed by atoms with Crippen LogP contribution in [-0.4, -0.2) is 64.6 Å². The van der Waals surface area contributed by atoms with Crippen molar-refractivity contribution in [2.45, 2.75) is 13.8 Å². The SMILES string of the molecule is CCNCCN(CC)CCOCCOC. The molecule has 1 N–H and O–H groups in total. The Labute approximate surface area is 93.9 Å². The Balaban J connectivity index is 3.28. The van der Waals surface area contributed by atoms with E-state index in [1.165, 1.54) is 0 Å². The van der Waals surface area contributed by atoms with Crippen LogP contribution < -0.4 is 5.32 Å². The van der Waals surface area contributed by atoms with Gasteiger partial charge in [0, 0.05) is 26.7 Å². The summed E-state index contributed by atoms with van der Waals surface area (Å²) in [6.07, 6.45) is 0. The number of methoxy groups -OCH3 is 1. The van der Waals surface area contributed by atoms with E-state index in [1.807, 2.05) is 0 Å². The van der Waals surface area contributed by atoms with Crippen LogP contribution in [0.4, 0.5) is 0 Å². The van der Waals surface area contributed by atoms with Crippen LogP contribution in [0.2, 0.25) is 0 Å². The third kappa shape index (κ3) is 10.1. The first kappa shape index (κ1) is 14.8. The highest BCUT2D eigenvalue weighted by molar-refractivity contribution is 4.56. The lowest BCUT2D eigenvalue weighted by molar-refractivity contribution is 0.0580. The Morgan fingerprint density at radius 2 is 1.87 bits per heavy atom. The lowest BCUT2D eigenvalue weighted by Gasteiger charge is -2.20. The monoisotopic (exact) mass is 218 g/mol. The zero-order valence-corrected chi connectivity index (χ0v) is 10.4. The Morgan fingerprint density at radius 3 is 2.47 bits per heavy atom. The van der Waals surface area contributed by atoms with Gasteiger partial charge in [-0.15, -0.1) is 0 Å². The number of nitrogens with zero attached hydrogens (tertiary/aromatic N) is 1. The van der Waals surface area contributed by atoms with Crippen molar-refractivity contribution in [1.82, 2.24) is 10.2 Å². The number of nitrogens with one attached hydrogen (secondary N) is 1. The molecule has 4 heteroatoms. The third-order valence-electron chi connectivity index (χ3n) is 2.29. The normalized spacial score (nSPS) is 11.2. The molecule has 0 saturated carbocycles. The molecule has 0 aromatic heterocycles. The van der Waals surface area contributed by atoms with Crippen molar-refractivity contribution >= 4 is 0 Å². The molecule has 0 aliphatic rings. The Bertz CT molecular complexity index is 123. The van der Waals surface area contributed by atoms with Gasteiger partial charge in [0.25, 0.3) is 0 Å². The summed E-state index contributed by atoms with van der Waals surface area (Å²) in [7, 11) is 1.69. The molecule has 0 atom stereocenters. The standard InChI is InChI=1S/C11H26N2O2/c1-4-12-6-7-13(5-2)8-9-15-11-10-14-3/h12H,4-11H2,1-3H3. The van der Waals surface area contributed by atoms with Crippen LogP contribution >= 0.6 is 0 Å². The van der Waals surface area contributed by atoms with Crippen LogP contribution in [0, 0.1) is 0 Å². The molecule has 0 unspecified atom stereocenters. The molecule has 92 valence electrons. The van der Waals surface area contributed by atoms with Gasteiger partial charge in [0.2, 0.25) is 0 Å². The highest BCUT2D eigenvalue weighted by Crippen LogP contribution is 1.87. The minimum Gasteiger partial charge on any atom is -0.382 e. The molecule has 4 nitrogen and oxygen atoms in total. The average molecular weight is 218 g/mol. The smallest absolute Gasteiger partial charge is 0.0700 e. The minimum atomic E-state index is 0.684. The summed E-state index contributed by atoms with van der Waals surface area (Å²) in [6.45, 7) is 11.8. The first-order valence-corrected chi connectivity index (χ1v) is 5.84. The molecular weight excluding hydrogens is 192 g/mol. The van der Waals surface area contributed by atoms with Gasteiger partial charge in [-0.1, -0.05) is 13.8 Å². The van der Waals surface area contributed by atoms with Gasteiger partial charge in [-0.05, 0) is 13.1 Å². The zero-order valence-electron chi connectivity index (χ0n) is 10.4. The molecular formula is C11H26N2O2. The second-order valence-corrected chi connectivity index (χ2v) is 3.39. The van der Waals surface area contributed by atoms with Crippen molar-refractivity contribution in [1.29, 1.82) is 0 Å². The van der Waals surface area contributed by atoms with Crippen LogP contribution in [0.3, 0.4) is 0 Å². The van der Waals surface area contributed by atoms with Gasteiger partial charge in [0.05, 0.1) is 19.8 Å². The van der Waals surface area contributed by atoms with Crippen LogP contribution in [0.5, 0.6) is 0 Å². The maximum Gasteiger partial charge on any atom is 0.0700 e. The fourth-order valence-electron chi connectivity index (χ4n) is 1.28. The summed E-state index contributed by atoms with van der Waals surface area (Å²) in [6, 6.07) is 0. The number of hydrogen-bond donors (Lipinski definition) is 1. The van der Waals surface area contributed by atoms with Gasteiger partial charge in [-0.25, -0.2) is 0 Å². The average Bonchev–Trinajstić information content (AvgIpc) is 2.26. The lowest BCUT2D eigenvalue weighted by Crippen LogP contribution is -2.34. The van der Waals surface area contributed by atoms with E-state index < -0.39 is 0 Å². The van der Waals surface area contributed by atoms with Crippen molar-refractivity contribution < 1.29 is 9.47 Å². The topological polar surface area (TPSA) is 33.7 Å². The molecule has 0 aliphatic carbocycles. The fraction of sp³-hybridized carbons (Fsp3) is 1.00. The van der Waals surface area contributed by atoms with E-state index in [2.05, 4.69) is 24.1 Å². The Morgan fingerprint density at radius 1 is 1.07 bits per heavy atom. The van der Waals surface area contributed by atoms with Crippen molar-refractivity contribution in [3.63, 3.8) is 0 Å². The van der Waals surface area contributed by atoms with Crippen molar-refractivity contribution in [3.8, 4) is 0 Å². The maximum atomic E-state index is 5.43. The van der Waals surface area contributed by atoms with Crippen molar-refractivity contribution in [2.24, 2.45) is 0 Å². The number of ether oxygens (including phenoxy) is 2. The summed E-state index contributed by atoms with van der Waals surface area (Å²) in [4.78, 5) is 2.38. The summed E-state index contributed by atoms with van der Waals surface area (Å²) in [5.74, 6) is 0. The van der Waals surface area contributed by atoms with Crippen LogP contribution in [0.1, 0.15) is 13.8 Å². The molecule has 0 amide bonds. The van der Waals surface area contributed by atoms with Crippen LogP contribution in [0.25, 0.3) is 0 Å². The molecule has 0 radical (unpaired) electrons. The van der Waals surface area contributed by atoms with Gasteiger partial charge in [-0.2, -0.15) is 0 Å². The summed E-state index contributed by atoms with van der Waals surface area (Å²) in [5.41, 5.74) is 0. The van der Waals surface area contributed by atoms with Gasteiger partial charge in [0.1, 0.15) is 0 Å². The predicted molar refractivity (Wildman–Crippen MR) is 63.4 cm³/mol. The van der Waals surface area contributed by atoms with E-state index in [4.69, 9.17) is 9.47 Å². The van der Waals surface area contributed by atoms with E-state index in [1.54, 1.807) is 7.11 Å². The van der Waals surface area contributed by atoms with Crippen molar-refractivity contribution in [2.75, 3.05) is 59.7 Å². The van der Waals surface area contributed by atoms with Gasteiger partial charge in [-0.3, -0.25) is 0 Å². The molecule has 15 heavy (non-hydrogen) atoms. The van der Waals surface area contributed by atoms with E-state index in [0.29, 0.717) is 13.2 Å². The summed E-state index contributed by atoms with van der Waals surface area (Å²) >= 11 is 0. The molecule has 0 aromatic rings. The third-order valence-corrected chi connectivity index (χ3v) is 2.29. The van der Waals surface area contributed by atoms with Crippen molar-refractivity contribution in [3.05, 3.63) is 0 Å². The molecule has 0 saturated heterocycles. The van der Waals surface area contributed by atoms with E-state index in [-0.39, 0.29) is 0 Å². The highest BCUT2D eigenvalue weighted by Gasteiger charge is 2.00. The van der Waals surface area contributed by atoms with E-state index >= 15 is 0 Å². The summed E-state index contributed by atoms with van der Waals surface area (Å²) < 4.78 is 10.3. The lowest BCUT2D eigenvalue weighted by atomic mass is 10.4. The molecule has 0 spiro atoms. The van der Waals surface area contributed by atoms with Gasteiger partial charge < -0.3 is 19.7 Å². The quantitative estimate of drug-likeness (QED) is 0.514. The molecule has 0 aliphatic heterocycles. The molecule has 0 fully saturated rings. The second-order valence-electron chi connectivity index (χ2n) is 3.39. The Kier molecular flexibility index (Phi) is 11.8. The molecule has 0 bridgehead atoms. The minimum absolute atomic E-state index is 0.684. The largest absolute Gasteiger partial charge is 0.382 e. The summed E-state index contributed by atoms with van der Waals surface area (Å²) in [5, 5.41) is 3.32. The first-order chi connectivity index (χ1) is 7.35. The first-order valence-electron chi connectivity index (χ1n) is 5.84. The molecule has 0 rings (SSSR count). The Hall–Kier alpha value is -0.160. The second kappa shape index (κ2) is 11.9. The predicted octanol–water partition coefficient (Wildman–Crippen LogP) is 0.581.